The van der Waals surface area contributed by atoms with Crippen LogP contribution in [-0.4, -0.2) is 30.9 Å². The summed E-state index contributed by atoms with van der Waals surface area (Å²) in [5, 5.41) is 5.49. The van der Waals surface area contributed by atoms with Crippen molar-refractivity contribution in [2.24, 2.45) is 0 Å². The summed E-state index contributed by atoms with van der Waals surface area (Å²) in [6, 6.07) is 13.1. The van der Waals surface area contributed by atoms with Crippen molar-refractivity contribution in [2.45, 2.75) is 0 Å². The molecular formula is C17H14Cl2N2O4. The number of hydrogen-bond acceptors (Lipinski definition) is 4. The number of carbonyl (C=O) groups is 3. The number of anilines is 1. The third kappa shape index (κ3) is 6.10. The molecule has 2 amide bonds. The average Bonchev–Trinajstić information content (AvgIpc) is 2.58. The summed E-state index contributed by atoms with van der Waals surface area (Å²) in [6.45, 7) is -0.846. The van der Waals surface area contributed by atoms with Crippen molar-refractivity contribution in [2.75, 3.05) is 18.5 Å². The third-order valence-electron chi connectivity index (χ3n) is 2.99. The molecule has 0 heterocycles. The first kappa shape index (κ1) is 18.8. The molecular weight excluding hydrogens is 367 g/mol. The van der Waals surface area contributed by atoms with Crippen molar-refractivity contribution < 1.29 is 19.1 Å². The SMILES string of the molecule is O=C(COC(=O)CNC(=O)c1ccc(Cl)cc1Cl)Nc1ccccc1. The lowest BCUT2D eigenvalue weighted by Gasteiger charge is -2.08. The monoisotopic (exact) mass is 380 g/mol. The van der Waals surface area contributed by atoms with E-state index < -0.39 is 30.9 Å². The highest BCUT2D eigenvalue weighted by atomic mass is 35.5. The highest BCUT2D eigenvalue weighted by Gasteiger charge is 2.13. The quantitative estimate of drug-likeness (QED) is 0.754. The lowest BCUT2D eigenvalue weighted by molar-refractivity contribution is -0.146. The minimum Gasteiger partial charge on any atom is -0.454 e. The third-order valence-corrected chi connectivity index (χ3v) is 3.54. The van der Waals surface area contributed by atoms with Gasteiger partial charge >= 0.3 is 5.97 Å². The fourth-order valence-electron chi connectivity index (χ4n) is 1.84. The number of halogens is 2. The zero-order chi connectivity index (χ0) is 18.2. The van der Waals surface area contributed by atoms with E-state index in [1.54, 1.807) is 24.3 Å². The van der Waals surface area contributed by atoms with Gasteiger partial charge in [0.05, 0.1) is 10.6 Å². The van der Waals surface area contributed by atoms with E-state index in [-0.39, 0.29) is 10.6 Å². The van der Waals surface area contributed by atoms with E-state index in [0.717, 1.165) is 0 Å². The molecule has 2 aromatic rings. The number of esters is 1. The van der Waals surface area contributed by atoms with Gasteiger partial charge in [0.15, 0.2) is 6.61 Å². The molecule has 0 aliphatic rings. The molecule has 0 saturated carbocycles. The molecule has 0 unspecified atom stereocenters. The van der Waals surface area contributed by atoms with E-state index in [4.69, 9.17) is 27.9 Å². The molecule has 0 aliphatic carbocycles. The van der Waals surface area contributed by atoms with Crippen molar-refractivity contribution in [3.05, 3.63) is 64.1 Å². The van der Waals surface area contributed by atoms with Crippen LogP contribution in [0.4, 0.5) is 5.69 Å². The number of nitrogens with one attached hydrogen (secondary N) is 2. The molecule has 8 heteroatoms. The molecule has 25 heavy (non-hydrogen) atoms. The Balaban J connectivity index is 1.75. The zero-order valence-electron chi connectivity index (χ0n) is 12.9. The van der Waals surface area contributed by atoms with Gasteiger partial charge in [0, 0.05) is 10.7 Å². The lowest BCUT2D eigenvalue weighted by atomic mass is 10.2. The van der Waals surface area contributed by atoms with Crippen LogP contribution in [0.2, 0.25) is 10.0 Å². The Kier molecular flexibility index (Phi) is 6.80. The second-order valence-electron chi connectivity index (χ2n) is 4.88. The Morgan fingerprint density at radius 2 is 1.72 bits per heavy atom. The molecule has 0 aliphatic heterocycles. The van der Waals surface area contributed by atoms with Gasteiger partial charge in [0.2, 0.25) is 0 Å². The van der Waals surface area contributed by atoms with Crippen LogP contribution in [0, 0.1) is 0 Å². The molecule has 0 fully saturated rings. The van der Waals surface area contributed by atoms with E-state index in [2.05, 4.69) is 10.6 Å². The van der Waals surface area contributed by atoms with E-state index in [0.29, 0.717) is 10.7 Å². The topological polar surface area (TPSA) is 84.5 Å². The molecule has 0 bridgehead atoms. The number of carbonyl (C=O) groups excluding carboxylic acids is 3. The maximum atomic E-state index is 11.9. The number of ether oxygens (including phenoxy) is 1. The van der Waals surface area contributed by atoms with Gasteiger partial charge in [-0.05, 0) is 30.3 Å². The minimum atomic E-state index is -0.748. The second kappa shape index (κ2) is 9.05. The summed E-state index contributed by atoms with van der Waals surface area (Å²) in [5.74, 6) is -1.78. The molecule has 0 radical (unpaired) electrons. The van der Waals surface area contributed by atoms with E-state index in [1.807, 2.05) is 6.07 Å². The lowest BCUT2D eigenvalue weighted by Crippen LogP contribution is -2.32. The fourth-order valence-corrected chi connectivity index (χ4v) is 2.33. The molecule has 0 aromatic heterocycles. The Bertz CT molecular complexity index is 781. The van der Waals surface area contributed by atoms with Crippen LogP contribution in [0.25, 0.3) is 0 Å². The van der Waals surface area contributed by atoms with E-state index in [1.165, 1.54) is 18.2 Å². The average molecular weight is 381 g/mol. The summed E-state index contributed by atoms with van der Waals surface area (Å²) >= 11 is 11.7. The van der Waals surface area contributed by atoms with E-state index in [9.17, 15) is 14.4 Å². The molecule has 0 atom stereocenters. The van der Waals surface area contributed by atoms with Crippen molar-refractivity contribution in [3.8, 4) is 0 Å². The predicted octanol–water partition coefficient (Wildman–Crippen LogP) is 2.91. The van der Waals surface area contributed by atoms with E-state index >= 15 is 0 Å². The van der Waals surface area contributed by atoms with Gasteiger partial charge < -0.3 is 15.4 Å². The number of rotatable bonds is 6. The van der Waals surface area contributed by atoms with Gasteiger partial charge in [-0.15, -0.1) is 0 Å². The number of para-hydroxylation sites is 1. The van der Waals surface area contributed by atoms with Crippen LogP contribution in [0.5, 0.6) is 0 Å². The molecule has 0 spiro atoms. The summed E-state index contributed by atoms with van der Waals surface area (Å²) in [7, 11) is 0. The minimum absolute atomic E-state index is 0.167. The van der Waals surface area contributed by atoms with Gasteiger partial charge in [0.25, 0.3) is 11.8 Å². The zero-order valence-corrected chi connectivity index (χ0v) is 14.4. The maximum Gasteiger partial charge on any atom is 0.325 e. The predicted molar refractivity (Wildman–Crippen MR) is 94.8 cm³/mol. The standard InChI is InChI=1S/C17H14Cl2N2O4/c18-11-6-7-13(14(19)8-11)17(24)20-9-16(23)25-10-15(22)21-12-4-2-1-3-5-12/h1-8H,9-10H2,(H,20,24)(H,21,22). The number of amides is 2. The Morgan fingerprint density at radius 3 is 2.40 bits per heavy atom. The Labute approximate surface area is 154 Å². The molecule has 2 aromatic carbocycles. The fraction of sp³-hybridized carbons (Fsp3) is 0.118. The van der Waals surface area contributed by atoms with Gasteiger partial charge in [0.1, 0.15) is 6.54 Å². The van der Waals surface area contributed by atoms with Crippen molar-refractivity contribution in [1.29, 1.82) is 0 Å². The largest absolute Gasteiger partial charge is 0.454 e. The molecule has 2 rings (SSSR count). The van der Waals surface area contributed by atoms with Gasteiger partial charge in [-0.1, -0.05) is 41.4 Å². The molecule has 6 nitrogen and oxygen atoms in total. The normalized spacial score (nSPS) is 10.0. The van der Waals surface area contributed by atoms with Gasteiger partial charge in [-0.25, -0.2) is 0 Å². The maximum absolute atomic E-state index is 11.9. The molecule has 130 valence electrons. The Morgan fingerprint density at radius 1 is 1.00 bits per heavy atom. The summed E-state index contributed by atoms with van der Waals surface area (Å²) < 4.78 is 4.79. The van der Waals surface area contributed by atoms with Crippen LogP contribution >= 0.6 is 23.2 Å². The summed E-state index contributed by atoms with van der Waals surface area (Å²) in [5.41, 5.74) is 0.773. The first-order valence-corrected chi connectivity index (χ1v) is 7.95. The first-order valence-electron chi connectivity index (χ1n) is 7.19. The van der Waals surface area contributed by atoms with Crippen LogP contribution < -0.4 is 10.6 Å². The van der Waals surface area contributed by atoms with Gasteiger partial charge in [-0.3, -0.25) is 14.4 Å². The number of benzene rings is 2. The summed E-state index contributed by atoms with van der Waals surface area (Å²) in [4.78, 5) is 35.2. The van der Waals surface area contributed by atoms with Crippen LogP contribution in [0.15, 0.2) is 48.5 Å². The number of hydrogen-bond donors (Lipinski definition) is 2. The molecule has 2 N–H and O–H groups in total. The molecule has 0 saturated heterocycles. The smallest absolute Gasteiger partial charge is 0.325 e. The van der Waals surface area contributed by atoms with Crippen molar-refractivity contribution in [3.63, 3.8) is 0 Å². The van der Waals surface area contributed by atoms with Crippen LogP contribution in [0.1, 0.15) is 10.4 Å². The second-order valence-corrected chi connectivity index (χ2v) is 5.73. The first-order chi connectivity index (χ1) is 12.0. The van der Waals surface area contributed by atoms with Crippen molar-refractivity contribution in [1.82, 2.24) is 5.32 Å². The van der Waals surface area contributed by atoms with Gasteiger partial charge in [-0.2, -0.15) is 0 Å². The van der Waals surface area contributed by atoms with Crippen LogP contribution in [0.3, 0.4) is 0 Å². The Hall–Kier alpha value is -2.57. The summed E-state index contributed by atoms with van der Waals surface area (Å²) in [6.07, 6.45) is 0. The highest BCUT2D eigenvalue weighted by molar-refractivity contribution is 6.36. The van der Waals surface area contributed by atoms with Crippen LogP contribution in [-0.2, 0) is 14.3 Å². The van der Waals surface area contributed by atoms with Crippen molar-refractivity contribution >= 4 is 46.7 Å². The highest BCUT2D eigenvalue weighted by Crippen LogP contribution is 2.20.